The second-order valence-corrected chi connectivity index (χ2v) is 6.09. The molecule has 0 bridgehead atoms. The van der Waals surface area contributed by atoms with Crippen molar-refractivity contribution in [3.8, 4) is 0 Å². The second kappa shape index (κ2) is 6.54. The van der Waals surface area contributed by atoms with E-state index in [1.54, 1.807) is 6.92 Å². The summed E-state index contributed by atoms with van der Waals surface area (Å²) in [5.41, 5.74) is -0.424. The van der Waals surface area contributed by atoms with Crippen molar-refractivity contribution in [1.29, 1.82) is 0 Å². The van der Waals surface area contributed by atoms with Crippen molar-refractivity contribution in [3.05, 3.63) is 44.6 Å². The highest BCUT2D eigenvalue weighted by molar-refractivity contribution is 5.99. The van der Waals surface area contributed by atoms with E-state index in [2.05, 4.69) is 4.98 Å². The molecule has 0 aliphatic carbocycles. The summed E-state index contributed by atoms with van der Waals surface area (Å²) >= 11 is 0. The Balaban J connectivity index is 2.04. The van der Waals surface area contributed by atoms with Crippen molar-refractivity contribution in [2.24, 2.45) is 0 Å². The van der Waals surface area contributed by atoms with Gasteiger partial charge in [0.2, 0.25) is 0 Å². The van der Waals surface area contributed by atoms with E-state index < -0.39 is 29.2 Å². The minimum atomic E-state index is -1.02. The molecule has 1 fully saturated rings. The van der Waals surface area contributed by atoms with Gasteiger partial charge >= 0.3 is 11.7 Å². The predicted molar refractivity (Wildman–Crippen MR) is 90.8 cm³/mol. The first-order valence-corrected chi connectivity index (χ1v) is 8.24. The van der Waals surface area contributed by atoms with Crippen molar-refractivity contribution in [2.75, 3.05) is 6.54 Å². The van der Waals surface area contributed by atoms with Gasteiger partial charge in [0.1, 0.15) is 6.04 Å². The zero-order chi connectivity index (χ0) is 18.1. The van der Waals surface area contributed by atoms with Gasteiger partial charge in [-0.3, -0.25) is 14.2 Å². The number of aliphatic carboxylic acids is 1. The van der Waals surface area contributed by atoms with Crippen LogP contribution in [-0.4, -0.2) is 44.0 Å². The monoisotopic (exact) mass is 345 g/mol. The van der Waals surface area contributed by atoms with Gasteiger partial charge < -0.3 is 15.0 Å². The molecular weight excluding hydrogens is 326 g/mol. The number of rotatable bonds is 3. The number of amides is 1. The summed E-state index contributed by atoms with van der Waals surface area (Å²) in [5.74, 6) is -1.43. The molecule has 0 saturated carbocycles. The van der Waals surface area contributed by atoms with Gasteiger partial charge in [-0.1, -0.05) is 0 Å². The number of piperidine rings is 1. The third kappa shape index (κ3) is 2.95. The topological polar surface area (TPSA) is 112 Å². The number of nitrogens with zero attached hydrogens (tertiary/aromatic N) is 2. The first kappa shape index (κ1) is 16.9. The first-order valence-electron chi connectivity index (χ1n) is 8.24. The van der Waals surface area contributed by atoms with E-state index in [1.807, 2.05) is 0 Å². The van der Waals surface area contributed by atoms with Crippen LogP contribution in [0.1, 0.15) is 36.5 Å². The Hall–Kier alpha value is -2.90. The summed E-state index contributed by atoms with van der Waals surface area (Å²) in [6.45, 7) is 2.32. The van der Waals surface area contributed by atoms with Crippen molar-refractivity contribution in [1.82, 2.24) is 14.5 Å². The van der Waals surface area contributed by atoms with Gasteiger partial charge in [-0.2, -0.15) is 0 Å². The SMILES string of the molecule is CCn1c(=O)[nH]c2cc(C(=O)N3CCCCC3C(=O)O)ccc2c1=O. The molecule has 2 heterocycles. The fourth-order valence-corrected chi connectivity index (χ4v) is 3.27. The highest BCUT2D eigenvalue weighted by Gasteiger charge is 2.32. The maximum atomic E-state index is 12.7. The molecule has 8 nitrogen and oxygen atoms in total. The van der Waals surface area contributed by atoms with Crippen LogP contribution >= 0.6 is 0 Å². The fraction of sp³-hybridized carbons (Fsp3) is 0.412. The molecule has 1 aliphatic heterocycles. The maximum Gasteiger partial charge on any atom is 0.328 e. The molecule has 25 heavy (non-hydrogen) atoms. The van der Waals surface area contributed by atoms with Crippen molar-refractivity contribution >= 4 is 22.8 Å². The van der Waals surface area contributed by atoms with E-state index in [4.69, 9.17) is 0 Å². The standard InChI is InChI=1S/C17H19N3O5/c1-2-19-15(22)11-7-6-10(9-12(11)18-17(19)25)14(21)20-8-4-3-5-13(20)16(23)24/h6-7,9,13H,2-5,8H2,1H3,(H,18,25)(H,23,24). The van der Waals surface area contributed by atoms with E-state index in [-0.39, 0.29) is 17.6 Å². The van der Waals surface area contributed by atoms with Crippen LogP contribution in [0.3, 0.4) is 0 Å². The van der Waals surface area contributed by atoms with Gasteiger partial charge in [-0.15, -0.1) is 0 Å². The van der Waals surface area contributed by atoms with Gasteiger partial charge in [0, 0.05) is 18.7 Å². The number of nitrogens with one attached hydrogen (secondary N) is 1. The molecule has 0 radical (unpaired) electrons. The molecule has 1 aromatic heterocycles. The molecule has 1 unspecified atom stereocenters. The van der Waals surface area contributed by atoms with Crippen LogP contribution in [0.25, 0.3) is 10.9 Å². The lowest BCUT2D eigenvalue weighted by Crippen LogP contribution is -2.48. The molecule has 8 heteroatoms. The molecule has 1 aromatic carbocycles. The number of carboxylic acids is 1. The lowest BCUT2D eigenvalue weighted by atomic mass is 10.0. The Kier molecular flexibility index (Phi) is 4.43. The summed E-state index contributed by atoms with van der Waals surface area (Å²) in [7, 11) is 0. The molecule has 0 spiro atoms. The number of benzene rings is 1. The summed E-state index contributed by atoms with van der Waals surface area (Å²) in [6.07, 6.45) is 1.94. The summed E-state index contributed by atoms with van der Waals surface area (Å²) in [4.78, 5) is 52.3. The van der Waals surface area contributed by atoms with E-state index in [9.17, 15) is 24.3 Å². The molecule has 132 valence electrons. The number of likely N-dealkylation sites (tertiary alicyclic amines) is 1. The number of carbonyl (C=O) groups is 2. The number of carboxylic acid groups (broad SMARTS) is 1. The summed E-state index contributed by atoms with van der Waals surface area (Å²) in [6, 6.07) is 3.59. The predicted octanol–water partition coefficient (Wildman–Crippen LogP) is 0.789. The normalized spacial score (nSPS) is 17.6. The van der Waals surface area contributed by atoms with Crippen LogP contribution in [0.2, 0.25) is 0 Å². The highest BCUT2D eigenvalue weighted by Crippen LogP contribution is 2.21. The highest BCUT2D eigenvalue weighted by atomic mass is 16.4. The Labute approximate surface area is 142 Å². The van der Waals surface area contributed by atoms with Gasteiger partial charge in [-0.25, -0.2) is 9.59 Å². The zero-order valence-corrected chi connectivity index (χ0v) is 13.8. The van der Waals surface area contributed by atoms with Crippen LogP contribution in [-0.2, 0) is 11.3 Å². The molecule has 1 saturated heterocycles. The van der Waals surface area contributed by atoms with E-state index >= 15 is 0 Å². The Morgan fingerprint density at radius 2 is 2.04 bits per heavy atom. The molecule has 2 N–H and O–H groups in total. The molecule has 2 aromatic rings. The fourth-order valence-electron chi connectivity index (χ4n) is 3.27. The molecular formula is C17H19N3O5. The van der Waals surface area contributed by atoms with E-state index in [0.717, 1.165) is 17.4 Å². The zero-order valence-electron chi connectivity index (χ0n) is 13.8. The summed E-state index contributed by atoms with van der Waals surface area (Å²) in [5, 5.41) is 9.63. The Bertz CT molecular complexity index is 959. The largest absolute Gasteiger partial charge is 0.480 e. The van der Waals surface area contributed by atoms with Crippen LogP contribution in [0.5, 0.6) is 0 Å². The van der Waals surface area contributed by atoms with Gasteiger partial charge in [0.25, 0.3) is 11.5 Å². The smallest absolute Gasteiger partial charge is 0.328 e. The minimum Gasteiger partial charge on any atom is -0.480 e. The van der Waals surface area contributed by atoms with Crippen LogP contribution in [0.4, 0.5) is 0 Å². The lowest BCUT2D eigenvalue weighted by molar-refractivity contribution is -0.143. The van der Waals surface area contributed by atoms with Gasteiger partial charge in [-0.05, 0) is 44.4 Å². The number of hydrogen-bond donors (Lipinski definition) is 2. The number of carbonyl (C=O) groups excluding carboxylic acids is 1. The van der Waals surface area contributed by atoms with E-state index in [0.29, 0.717) is 18.4 Å². The second-order valence-electron chi connectivity index (χ2n) is 6.09. The van der Waals surface area contributed by atoms with Gasteiger partial charge in [0.05, 0.1) is 10.9 Å². The van der Waals surface area contributed by atoms with Gasteiger partial charge in [0.15, 0.2) is 0 Å². The molecule has 3 rings (SSSR count). The third-order valence-corrected chi connectivity index (χ3v) is 4.59. The van der Waals surface area contributed by atoms with Crippen LogP contribution in [0, 0.1) is 0 Å². The van der Waals surface area contributed by atoms with Crippen LogP contribution < -0.4 is 11.2 Å². The minimum absolute atomic E-state index is 0.249. The Morgan fingerprint density at radius 1 is 1.28 bits per heavy atom. The number of H-pyrrole nitrogens is 1. The number of aromatic amines is 1. The Morgan fingerprint density at radius 3 is 2.72 bits per heavy atom. The number of fused-ring (bicyclic) bond motifs is 1. The van der Waals surface area contributed by atoms with Crippen LogP contribution in [0.15, 0.2) is 27.8 Å². The molecule has 1 atom stereocenters. The van der Waals surface area contributed by atoms with Crippen molar-refractivity contribution in [2.45, 2.75) is 38.8 Å². The van der Waals surface area contributed by atoms with Crippen molar-refractivity contribution < 1.29 is 14.7 Å². The average molecular weight is 345 g/mol. The average Bonchev–Trinajstić information content (AvgIpc) is 2.61. The molecule has 1 amide bonds. The summed E-state index contributed by atoms with van der Waals surface area (Å²) < 4.78 is 1.08. The number of aromatic nitrogens is 2. The third-order valence-electron chi connectivity index (χ3n) is 4.59. The van der Waals surface area contributed by atoms with Crippen molar-refractivity contribution in [3.63, 3.8) is 0 Å². The first-order chi connectivity index (χ1) is 11.9. The molecule has 1 aliphatic rings. The maximum absolute atomic E-state index is 12.7. The van der Waals surface area contributed by atoms with E-state index in [1.165, 1.54) is 23.1 Å². The lowest BCUT2D eigenvalue weighted by Gasteiger charge is -2.33. The number of hydrogen-bond acceptors (Lipinski definition) is 4. The quantitative estimate of drug-likeness (QED) is 0.854.